The molecule has 1 fully saturated rings. The van der Waals surface area contributed by atoms with Crippen molar-refractivity contribution in [1.82, 2.24) is 9.88 Å². The number of H-pyrrole nitrogens is 1. The molecule has 2 heterocycles. The third kappa shape index (κ3) is 6.65. The van der Waals surface area contributed by atoms with Crippen LogP contribution in [0.25, 0.3) is 17.0 Å². The molecule has 0 radical (unpaired) electrons. The molecule has 11 heteroatoms. The minimum Gasteiger partial charge on any atom is -0.489 e. The Morgan fingerprint density at radius 2 is 1.75 bits per heavy atom. The van der Waals surface area contributed by atoms with Gasteiger partial charge < -0.3 is 9.72 Å². The van der Waals surface area contributed by atoms with Gasteiger partial charge in [-0.1, -0.05) is 59.6 Å². The van der Waals surface area contributed by atoms with Gasteiger partial charge in [0.05, 0.1) is 25.6 Å². The smallest absolute Gasteiger partial charge is 0.269 e. The van der Waals surface area contributed by atoms with Gasteiger partial charge in [-0.2, -0.15) is 0 Å². The van der Waals surface area contributed by atoms with E-state index >= 15 is 0 Å². The van der Waals surface area contributed by atoms with Gasteiger partial charge in [0.15, 0.2) is 5.17 Å². The molecule has 0 bridgehead atoms. The highest BCUT2D eigenvalue weighted by Crippen LogP contribution is 2.35. The predicted octanol–water partition coefficient (Wildman–Crippen LogP) is 8.81. The number of benzene rings is 4. The minimum atomic E-state index is -0.456. The van der Waals surface area contributed by atoms with E-state index in [9.17, 15) is 14.9 Å². The summed E-state index contributed by atoms with van der Waals surface area (Å²) >= 11 is 13.4. The molecule has 4 aromatic carbocycles. The van der Waals surface area contributed by atoms with Crippen LogP contribution in [0, 0.1) is 10.1 Å². The normalized spacial score (nSPS) is 15.0. The highest BCUT2D eigenvalue weighted by atomic mass is 35.5. The number of hydrogen-bond acceptors (Lipinski definition) is 6. The molecule has 1 amide bonds. The average Bonchev–Trinajstić information content (AvgIpc) is 3.57. The summed E-state index contributed by atoms with van der Waals surface area (Å²) in [6, 6.07) is 26.8. The first kappa shape index (κ1) is 29.5. The van der Waals surface area contributed by atoms with Crippen LogP contribution in [0.3, 0.4) is 0 Å². The Morgan fingerprint density at radius 1 is 0.977 bits per heavy atom. The fourth-order valence-electron chi connectivity index (χ4n) is 4.73. The molecule has 1 saturated heterocycles. The molecule has 1 N–H and O–H groups in total. The van der Waals surface area contributed by atoms with E-state index in [1.807, 2.05) is 60.8 Å². The number of aromatic amines is 1. The first-order chi connectivity index (χ1) is 21.3. The molecule has 0 unspecified atom stereocenters. The number of para-hydroxylation sites is 1. The van der Waals surface area contributed by atoms with Gasteiger partial charge in [-0.05, 0) is 83.4 Å². The number of nitrogens with one attached hydrogen (secondary N) is 1. The van der Waals surface area contributed by atoms with Crippen molar-refractivity contribution >= 4 is 74.4 Å². The number of aliphatic imine (C=N–C) groups is 1. The predicted molar refractivity (Wildman–Crippen MR) is 177 cm³/mol. The monoisotopic (exact) mass is 642 g/mol. The van der Waals surface area contributed by atoms with Crippen molar-refractivity contribution in [2.24, 2.45) is 4.99 Å². The van der Waals surface area contributed by atoms with E-state index in [0.29, 0.717) is 51.1 Å². The number of carbonyl (C=O) groups is 1. The van der Waals surface area contributed by atoms with Crippen LogP contribution in [0.1, 0.15) is 16.7 Å². The van der Waals surface area contributed by atoms with Gasteiger partial charge in [-0.3, -0.25) is 19.8 Å². The number of halogens is 2. The van der Waals surface area contributed by atoms with E-state index in [2.05, 4.69) is 11.1 Å². The lowest BCUT2D eigenvalue weighted by atomic mass is 10.1. The SMILES string of the molecule is O=C1/C(=C/c2ccc(OCc3ccc(Cl)c(Cl)c3)cc2)SC(=Nc2ccc([N+](=O)[O-])cc2)N1CCc1c[nH]c2ccccc12. The highest BCUT2D eigenvalue weighted by molar-refractivity contribution is 8.18. The zero-order valence-electron chi connectivity index (χ0n) is 23.1. The Kier molecular flexibility index (Phi) is 8.70. The molecule has 0 saturated carbocycles. The Bertz CT molecular complexity index is 1920. The second-order valence-electron chi connectivity index (χ2n) is 9.95. The Hall–Kier alpha value is -4.57. The summed E-state index contributed by atoms with van der Waals surface area (Å²) in [7, 11) is 0. The van der Waals surface area contributed by atoms with Crippen LogP contribution in [0.2, 0.25) is 10.0 Å². The van der Waals surface area contributed by atoms with E-state index in [0.717, 1.165) is 27.6 Å². The Balaban J connectivity index is 1.21. The van der Waals surface area contributed by atoms with E-state index in [1.165, 1.54) is 23.9 Å². The fraction of sp³-hybridized carbons (Fsp3) is 0.0909. The summed E-state index contributed by atoms with van der Waals surface area (Å²) in [4.78, 5) is 34.5. The standard InChI is InChI=1S/C33H24Cl2N4O4S/c34-28-14-7-22(17-29(28)35)20-43-26-12-5-21(6-13-26)18-31-32(40)38(16-15-23-19-36-30-4-2-1-3-27(23)30)33(44-31)37-24-8-10-25(11-9-24)39(41)42/h1-14,17-19,36H,15-16,20H2/b31-18-,37-33?. The Labute approximate surface area is 267 Å². The molecule has 6 rings (SSSR count). The minimum absolute atomic E-state index is 0.0229. The first-order valence-electron chi connectivity index (χ1n) is 13.6. The summed E-state index contributed by atoms with van der Waals surface area (Å²) in [5, 5.41) is 13.7. The molecule has 5 aromatic rings. The molecular weight excluding hydrogens is 619 g/mol. The van der Waals surface area contributed by atoms with Gasteiger partial charge in [-0.15, -0.1) is 0 Å². The molecule has 0 atom stereocenters. The van der Waals surface area contributed by atoms with Crippen molar-refractivity contribution in [2.75, 3.05) is 6.54 Å². The quantitative estimate of drug-likeness (QED) is 0.0983. The number of aromatic nitrogens is 1. The summed E-state index contributed by atoms with van der Waals surface area (Å²) in [5.41, 5.74) is 4.36. The maximum absolute atomic E-state index is 13.7. The molecule has 1 aromatic heterocycles. The average molecular weight is 644 g/mol. The van der Waals surface area contributed by atoms with Crippen molar-refractivity contribution in [2.45, 2.75) is 13.0 Å². The maximum atomic E-state index is 13.7. The molecule has 0 spiro atoms. The van der Waals surface area contributed by atoms with Gasteiger partial charge in [0.2, 0.25) is 0 Å². The van der Waals surface area contributed by atoms with Crippen LogP contribution in [-0.2, 0) is 17.8 Å². The molecule has 1 aliphatic rings. The number of fused-ring (bicyclic) bond motifs is 1. The van der Waals surface area contributed by atoms with Crippen molar-refractivity contribution in [3.05, 3.63) is 139 Å². The maximum Gasteiger partial charge on any atom is 0.269 e. The number of nitro benzene ring substituents is 1. The number of amidine groups is 1. The van der Waals surface area contributed by atoms with Crippen LogP contribution in [-0.4, -0.2) is 32.4 Å². The number of carbonyl (C=O) groups excluding carboxylic acids is 1. The van der Waals surface area contributed by atoms with E-state index in [-0.39, 0.29) is 11.6 Å². The van der Waals surface area contributed by atoms with Crippen molar-refractivity contribution < 1.29 is 14.5 Å². The number of ether oxygens (including phenoxy) is 1. The van der Waals surface area contributed by atoms with Gasteiger partial charge in [0, 0.05) is 35.8 Å². The van der Waals surface area contributed by atoms with Crippen LogP contribution >= 0.6 is 35.0 Å². The molecule has 44 heavy (non-hydrogen) atoms. The zero-order chi connectivity index (χ0) is 30.6. The summed E-state index contributed by atoms with van der Waals surface area (Å²) in [6.07, 6.45) is 4.41. The second kappa shape index (κ2) is 13.0. The topological polar surface area (TPSA) is 101 Å². The van der Waals surface area contributed by atoms with Gasteiger partial charge in [0.25, 0.3) is 11.6 Å². The third-order valence-corrected chi connectivity index (χ3v) is 8.77. The van der Waals surface area contributed by atoms with Crippen molar-refractivity contribution in [3.8, 4) is 5.75 Å². The van der Waals surface area contributed by atoms with Gasteiger partial charge in [-0.25, -0.2) is 4.99 Å². The van der Waals surface area contributed by atoms with Crippen LogP contribution in [0.5, 0.6) is 5.75 Å². The van der Waals surface area contributed by atoms with E-state index in [1.54, 1.807) is 29.2 Å². The molecule has 220 valence electrons. The molecule has 8 nitrogen and oxygen atoms in total. The number of nitro groups is 1. The van der Waals surface area contributed by atoms with Crippen molar-refractivity contribution in [1.29, 1.82) is 0 Å². The fourth-order valence-corrected chi connectivity index (χ4v) is 6.07. The summed E-state index contributed by atoms with van der Waals surface area (Å²) in [5.74, 6) is 0.514. The number of thioether (sulfide) groups is 1. The number of hydrogen-bond donors (Lipinski definition) is 1. The van der Waals surface area contributed by atoms with Gasteiger partial charge in [0.1, 0.15) is 12.4 Å². The first-order valence-corrected chi connectivity index (χ1v) is 15.2. The van der Waals surface area contributed by atoms with Crippen molar-refractivity contribution in [3.63, 3.8) is 0 Å². The van der Waals surface area contributed by atoms with E-state index < -0.39 is 4.92 Å². The molecule has 0 aliphatic carbocycles. The van der Waals surface area contributed by atoms with Crippen LogP contribution in [0.15, 0.2) is 107 Å². The molecule has 1 aliphatic heterocycles. The zero-order valence-corrected chi connectivity index (χ0v) is 25.4. The third-order valence-electron chi connectivity index (χ3n) is 7.02. The summed E-state index contributed by atoms with van der Waals surface area (Å²) < 4.78 is 5.89. The largest absolute Gasteiger partial charge is 0.489 e. The van der Waals surface area contributed by atoms with E-state index in [4.69, 9.17) is 32.9 Å². The Morgan fingerprint density at radius 3 is 2.50 bits per heavy atom. The number of rotatable bonds is 9. The number of amides is 1. The number of nitrogens with zero attached hydrogens (tertiary/aromatic N) is 3. The number of non-ortho nitro benzene ring substituents is 1. The lowest BCUT2D eigenvalue weighted by Crippen LogP contribution is -2.31. The summed E-state index contributed by atoms with van der Waals surface area (Å²) in [6.45, 7) is 0.748. The molecular formula is C33H24Cl2N4O4S. The second-order valence-corrected chi connectivity index (χ2v) is 11.8. The van der Waals surface area contributed by atoms with Gasteiger partial charge >= 0.3 is 0 Å². The highest BCUT2D eigenvalue weighted by Gasteiger charge is 2.33. The lowest BCUT2D eigenvalue weighted by molar-refractivity contribution is -0.384. The van der Waals surface area contributed by atoms with Crippen LogP contribution in [0.4, 0.5) is 11.4 Å². The van der Waals surface area contributed by atoms with Crippen LogP contribution < -0.4 is 4.74 Å². The lowest BCUT2D eigenvalue weighted by Gasteiger charge is -2.15.